The van der Waals surface area contributed by atoms with Crippen LogP contribution in [0, 0.1) is 5.92 Å². The highest BCUT2D eigenvalue weighted by Crippen LogP contribution is 2.34. The number of likely N-dealkylation sites (tertiary alicyclic amines) is 1. The lowest BCUT2D eigenvalue weighted by Gasteiger charge is -2.36. The minimum absolute atomic E-state index is 0.136. The molecule has 3 rings (SSSR count). The number of alkyl halides is 2. The monoisotopic (exact) mass is 294 g/mol. The minimum atomic E-state index is -2.76. The third-order valence-electron chi connectivity index (χ3n) is 4.89. The highest BCUT2D eigenvalue weighted by molar-refractivity contribution is 5.20. The molecule has 2 aliphatic rings. The van der Waals surface area contributed by atoms with Crippen molar-refractivity contribution in [3.05, 3.63) is 35.9 Å². The molecule has 2 heterocycles. The van der Waals surface area contributed by atoms with Crippen molar-refractivity contribution in [2.24, 2.45) is 5.92 Å². The molecule has 0 amide bonds. The summed E-state index contributed by atoms with van der Waals surface area (Å²) in [5.41, 5.74) is 0.136. The Labute approximate surface area is 125 Å². The number of nitrogens with zero attached hydrogens (tertiary/aromatic N) is 1. The maximum atomic E-state index is 14.5. The van der Waals surface area contributed by atoms with Crippen LogP contribution in [0.3, 0.4) is 0 Å². The van der Waals surface area contributed by atoms with Gasteiger partial charge in [-0.25, -0.2) is 0 Å². The quantitative estimate of drug-likeness (QED) is 0.917. The molecule has 2 nitrogen and oxygen atoms in total. The second-order valence-corrected chi connectivity index (χ2v) is 6.36. The molecular weight excluding hydrogens is 270 g/mol. The maximum absolute atomic E-state index is 14.5. The topological polar surface area (TPSA) is 15.3 Å². The van der Waals surface area contributed by atoms with Gasteiger partial charge in [0.2, 0.25) is 0 Å². The molecule has 1 aromatic carbocycles. The molecule has 2 saturated heterocycles. The lowest BCUT2D eigenvalue weighted by molar-refractivity contribution is -0.0466. The Morgan fingerprint density at radius 2 is 1.95 bits per heavy atom. The number of benzene rings is 1. The van der Waals surface area contributed by atoms with E-state index in [0.717, 1.165) is 32.5 Å². The Balaban J connectivity index is 1.68. The third kappa shape index (κ3) is 3.43. The molecule has 0 aliphatic carbocycles. The Hall–Kier alpha value is -1.00. The molecule has 2 aliphatic heterocycles. The van der Waals surface area contributed by atoms with Gasteiger partial charge in [-0.05, 0) is 51.2 Å². The number of nitrogens with one attached hydrogen (secondary N) is 1. The summed E-state index contributed by atoms with van der Waals surface area (Å²) < 4.78 is 29.0. The van der Waals surface area contributed by atoms with Gasteiger partial charge in [-0.3, -0.25) is 4.90 Å². The van der Waals surface area contributed by atoms with Gasteiger partial charge in [0.1, 0.15) is 0 Å². The Kier molecular flexibility index (Phi) is 4.55. The van der Waals surface area contributed by atoms with Crippen LogP contribution in [0.4, 0.5) is 8.78 Å². The third-order valence-corrected chi connectivity index (χ3v) is 4.89. The van der Waals surface area contributed by atoms with Crippen LogP contribution in [0.2, 0.25) is 0 Å². The molecule has 1 aromatic rings. The SMILES string of the molecule is FC(F)(CN1CCCC1C1CCCNC1)c1ccccc1. The zero-order valence-corrected chi connectivity index (χ0v) is 12.4. The van der Waals surface area contributed by atoms with E-state index in [1.807, 2.05) is 4.90 Å². The predicted molar refractivity (Wildman–Crippen MR) is 80.5 cm³/mol. The molecule has 0 radical (unpaired) electrons. The van der Waals surface area contributed by atoms with E-state index in [9.17, 15) is 8.78 Å². The van der Waals surface area contributed by atoms with E-state index >= 15 is 0 Å². The van der Waals surface area contributed by atoms with Crippen LogP contribution < -0.4 is 5.32 Å². The minimum Gasteiger partial charge on any atom is -0.316 e. The van der Waals surface area contributed by atoms with E-state index < -0.39 is 5.92 Å². The normalized spacial score (nSPS) is 27.9. The molecule has 0 saturated carbocycles. The molecule has 2 fully saturated rings. The summed E-state index contributed by atoms with van der Waals surface area (Å²) >= 11 is 0. The van der Waals surface area contributed by atoms with Crippen molar-refractivity contribution in [1.82, 2.24) is 10.2 Å². The lowest BCUT2D eigenvalue weighted by Crippen LogP contribution is -2.46. The van der Waals surface area contributed by atoms with E-state index in [0.29, 0.717) is 12.0 Å². The second kappa shape index (κ2) is 6.41. The van der Waals surface area contributed by atoms with Gasteiger partial charge in [-0.1, -0.05) is 30.3 Å². The average molecular weight is 294 g/mol. The van der Waals surface area contributed by atoms with Gasteiger partial charge < -0.3 is 5.32 Å². The van der Waals surface area contributed by atoms with Gasteiger partial charge in [0.25, 0.3) is 5.92 Å². The maximum Gasteiger partial charge on any atom is 0.285 e. The Morgan fingerprint density at radius 3 is 2.67 bits per heavy atom. The number of piperidine rings is 1. The Bertz CT molecular complexity index is 443. The first-order chi connectivity index (χ1) is 10.2. The van der Waals surface area contributed by atoms with E-state index in [-0.39, 0.29) is 12.1 Å². The molecule has 0 bridgehead atoms. The molecule has 1 N–H and O–H groups in total. The standard InChI is InChI=1S/C17H24F2N2/c18-17(19,15-7-2-1-3-8-15)13-21-11-5-9-16(21)14-6-4-10-20-12-14/h1-3,7-8,14,16,20H,4-6,9-13H2. The van der Waals surface area contributed by atoms with Gasteiger partial charge >= 0.3 is 0 Å². The van der Waals surface area contributed by atoms with Gasteiger partial charge in [0, 0.05) is 11.6 Å². The van der Waals surface area contributed by atoms with Crippen molar-refractivity contribution in [2.75, 3.05) is 26.2 Å². The first kappa shape index (κ1) is 14.9. The van der Waals surface area contributed by atoms with Crippen LogP contribution in [0.15, 0.2) is 30.3 Å². The van der Waals surface area contributed by atoms with Crippen LogP contribution in [-0.2, 0) is 5.92 Å². The van der Waals surface area contributed by atoms with E-state index in [1.165, 1.54) is 25.0 Å². The summed E-state index contributed by atoms with van der Waals surface area (Å²) in [4.78, 5) is 2.03. The number of halogens is 2. The summed E-state index contributed by atoms with van der Waals surface area (Å²) in [6, 6.07) is 8.56. The van der Waals surface area contributed by atoms with Crippen molar-refractivity contribution < 1.29 is 8.78 Å². The number of rotatable bonds is 4. The number of hydrogen-bond acceptors (Lipinski definition) is 2. The molecular formula is C17H24F2N2. The molecule has 21 heavy (non-hydrogen) atoms. The average Bonchev–Trinajstić information content (AvgIpc) is 2.96. The zero-order chi connectivity index (χ0) is 14.7. The Morgan fingerprint density at radius 1 is 1.14 bits per heavy atom. The van der Waals surface area contributed by atoms with E-state index in [4.69, 9.17) is 0 Å². The fraction of sp³-hybridized carbons (Fsp3) is 0.647. The van der Waals surface area contributed by atoms with Crippen molar-refractivity contribution in [2.45, 2.75) is 37.6 Å². The predicted octanol–water partition coefficient (Wildman–Crippen LogP) is 3.24. The first-order valence-electron chi connectivity index (χ1n) is 8.05. The zero-order valence-electron chi connectivity index (χ0n) is 12.4. The highest BCUT2D eigenvalue weighted by Gasteiger charge is 2.40. The van der Waals surface area contributed by atoms with E-state index in [1.54, 1.807) is 18.2 Å². The first-order valence-corrected chi connectivity index (χ1v) is 8.05. The summed E-state index contributed by atoms with van der Waals surface area (Å²) in [5.74, 6) is -2.22. The summed E-state index contributed by atoms with van der Waals surface area (Å²) in [6.07, 6.45) is 4.46. The van der Waals surface area contributed by atoms with Crippen LogP contribution >= 0.6 is 0 Å². The van der Waals surface area contributed by atoms with Crippen molar-refractivity contribution in [3.8, 4) is 0 Å². The summed E-state index contributed by atoms with van der Waals surface area (Å²) in [5, 5.41) is 3.41. The second-order valence-electron chi connectivity index (χ2n) is 6.36. The molecule has 4 heteroatoms. The largest absolute Gasteiger partial charge is 0.316 e. The summed E-state index contributed by atoms with van der Waals surface area (Å²) in [6.45, 7) is 2.73. The van der Waals surface area contributed by atoms with Crippen LogP contribution in [-0.4, -0.2) is 37.1 Å². The van der Waals surface area contributed by atoms with Gasteiger partial charge in [-0.2, -0.15) is 8.78 Å². The molecule has 116 valence electrons. The fourth-order valence-electron chi connectivity index (χ4n) is 3.82. The molecule has 0 spiro atoms. The van der Waals surface area contributed by atoms with Gasteiger partial charge in [0.05, 0.1) is 6.54 Å². The van der Waals surface area contributed by atoms with Crippen molar-refractivity contribution in [3.63, 3.8) is 0 Å². The van der Waals surface area contributed by atoms with Gasteiger partial charge in [-0.15, -0.1) is 0 Å². The van der Waals surface area contributed by atoms with Crippen molar-refractivity contribution in [1.29, 1.82) is 0 Å². The van der Waals surface area contributed by atoms with Gasteiger partial charge in [0.15, 0.2) is 0 Å². The fourth-order valence-corrected chi connectivity index (χ4v) is 3.82. The smallest absolute Gasteiger partial charge is 0.285 e. The van der Waals surface area contributed by atoms with Crippen LogP contribution in [0.5, 0.6) is 0 Å². The summed E-state index contributed by atoms with van der Waals surface area (Å²) in [7, 11) is 0. The molecule has 0 aromatic heterocycles. The number of hydrogen-bond donors (Lipinski definition) is 1. The van der Waals surface area contributed by atoms with Crippen LogP contribution in [0.1, 0.15) is 31.2 Å². The molecule has 2 atom stereocenters. The van der Waals surface area contributed by atoms with E-state index in [2.05, 4.69) is 5.32 Å². The highest BCUT2D eigenvalue weighted by atomic mass is 19.3. The van der Waals surface area contributed by atoms with Crippen molar-refractivity contribution >= 4 is 0 Å². The lowest BCUT2D eigenvalue weighted by atomic mass is 9.90. The molecule has 2 unspecified atom stereocenters. The van der Waals surface area contributed by atoms with Crippen LogP contribution in [0.25, 0.3) is 0 Å².